The number of nitro benzene ring substituents is 1. The molecule has 3 heterocycles. The molecule has 148 valence electrons. The van der Waals surface area contributed by atoms with Gasteiger partial charge < -0.3 is 5.32 Å². The number of hydrogen-bond donors (Lipinski definition) is 2. The monoisotopic (exact) mass is 466 g/mol. The van der Waals surface area contributed by atoms with Crippen LogP contribution in [0.15, 0.2) is 57.8 Å². The van der Waals surface area contributed by atoms with Gasteiger partial charge >= 0.3 is 0 Å². The lowest BCUT2D eigenvalue weighted by atomic mass is 9.92. The smallest absolute Gasteiger partial charge is 0.288 e. The minimum atomic E-state index is -0.566. The minimum Gasteiger partial charge on any atom is -0.318 e. The summed E-state index contributed by atoms with van der Waals surface area (Å²) < 4.78 is 2.44. The minimum absolute atomic E-state index is 0.0821. The van der Waals surface area contributed by atoms with Crippen molar-refractivity contribution in [3.8, 4) is 11.3 Å². The molecule has 1 aliphatic rings. The first-order valence-corrected chi connectivity index (χ1v) is 9.50. The van der Waals surface area contributed by atoms with Crippen LogP contribution in [-0.2, 0) is 0 Å². The summed E-state index contributed by atoms with van der Waals surface area (Å²) in [7, 11) is 0. The number of fused-ring (bicyclic) bond motifs is 2. The second-order valence-corrected chi connectivity index (χ2v) is 7.44. The van der Waals surface area contributed by atoms with Crippen molar-refractivity contribution in [2.75, 3.05) is 5.32 Å². The lowest BCUT2D eigenvalue weighted by molar-refractivity contribution is -0.384. The summed E-state index contributed by atoms with van der Waals surface area (Å²) in [5.41, 5.74) is 1.90. The van der Waals surface area contributed by atoms with Crippen molar-refractivity contribution in [3.05, 3.63) is 84.6 Å². The molecule has 2 N–H and O–H groups in total. The van der Waals surface area contributed by atoms with Gasteiger partial charge in [-0.1, -0.05) is 45.3 Å². The van der Waals surface area contributed by atoms with Crippen molar-refractivity contribution in [2.45, 2.75) is 6.04 Å². The molecule has 0 bridgehead atoms. The number of benzene rings is 2. The molecule has 12 heteroatoms. The number of nitrogens with one attached hydrogen (secondary N) is 2. The highest BCUT2D eigenvalue weighted by atomic mass is 79.9. The molecule has 11 nitrogen and oxygen atoms in total. The second kappa shape index (κ2) is 6.84. The van der Waals surface area contributed by atoms with E-state index in [0.29, 0.717) is 22.8 Å². The van der Waals surface area contributed by atoms with Gasteiger partial charge in [0.25, 0.3) is 11.2 Å². The number of tetrazole rings is 1. The Hall–Kier alpha value is -3.93. The number of nitrogens with zero attached hydrogens (tertiary/aromatic N) is 6. The van der Waals surface area contributed by atoms with E-state index >= 15 is 0 Å². The molecule has 0 saturated carbocycles. The van der Waals surface area contributed by atoms with Gasteiger partial charge in [-0.3, -0.25) is 14.9 Å². The van der Waals surface area contributed by atoms with Gasteiger partial charge in [0.15, 0.2) is 0 Å². The predicted molar refractivity (Wildman–Crippen MR) is 109 cm³/mol. The Bertz CT molecular complexity index is 1350. The van der Waals surface area contributed by atoms with Gasteiger partial charge in [0, 0.05) is 27.7 Å². The van der Waals surface area contributed by atoms with E-state index in [1.54, 1.807) is 16.8 Å². The predicted octanol–water partition coefficient (Wildman–Crippen LogP) is 2.79. The molecule has 0 aliphatic carbocycles. The molecule has 1 atom stereocenters. The van der Waals surface area contributed by atoms with Crippen LogP contribution >= 0.6 is 15.9 Å². The van der Waals surface area contributed by atoms with E-state index in [9.17, 15) is 14.9 Å². The lowest BCUT2D eigenvalue weighted by Gasteiger charge is -2.27. The fourth-order valence-corrected chi connectivity index (χ4v) is 3.74. The van der Waals surface area contributed by atoms with Crippen molar-refractivity contribution in [2.24, 2.45) is 0 Å². The van der Waals surface area contributed by atoms with E-state index < -0.39 is 16.5 Å². The third kappa shape index (κ3) is 2.85. The third-order valence-electron chi connectivity index (χ3n) is 4.78. The summed E-state index contributed by atoms with van der Waals surface area (Å²) in [5, 5.41) is 32.6. The van der Waals surface area contributed by atoms with E-state index in [-0.39, 0.29) is 11.4 Å². The molecule has 2 aromatic heterocycles. The Morgan fingerprint density at radius 1 is 1.17 bits per heavy atom. The van der Waals surface area contributed by atoms with E-state index in [4.69, 9.17) is 0 Å². The molecule has 2 aromatic carbocycles. The van der Waals surface area contributed by atoms with Gasteiger partial charge in [-0.25, -0.2) is 5.10 Å². The van der Waals surface area contributed by atoms with Crippen molar-refractivity contribution in [1.29, 1.82) is 0 Å². The molecule has 30 heavy (non-hydrogen) atoms. The summed E-state index contributed by atoms with van der Waals surface area (Å²) in [6.45, 7) is 0. The molecular formula is C18H11BrN8O3. The van der Waals surface area contributed by atoms with E-state index in [1.807, 2.05) is 24.3 Å². The van der Waals surface area contributed by atoms with Crippen LogP contribution in [-0.4, -0.2) is 35.3 Å². The number of anilines is 2. The van der Waals surface area contributed by atoms with Gasteiger partial charge in [0.05, 0.1) is 10.6 Å². The Morgan fingerprint density at radius 2 is 1.97 bits per heavy atom. The zero-order valence-electron chi connectivity index (χ0n) is 15.0. The van der Waals surface area contributed by atoms with E-state index in [2.05, 4.69) is 47.0 Å². The molecule has 0 saturated heterocycles. The number of H-pyrrole nitrogens is 1. The van der Waals surface area contributed by atoms with E-state index in [1.165, 1.54) is 12.1 Å². The molecule has 0 unspecified atom stereocenters. The van der Waals surface area contributed by atoms with E-state index in [0.717, 1.165) is 10.0 Å². The van der Waals surface area contributed by atoms with Crippen LogP contribution in [0.4, 0.5) is 17.3 Å². The zero-order chi connectivity index (χ0) is 20.8. The van der Waals surface area contributed by atoms with Gasteiger partial charge in [0.2, 0.25) is 5.95 Å². The first kappa shape index (κ1) is 18.1. The van der Waals surface area contributed by atoms with Gasteiger partial charge in [-0.05, 0) is 28.1 Å². The number of aromatic amines is 1. The van der Waals surface area contributed by atoms with Crippen LogP contribution in [0, 0.1) is 10.1 Å². The largest absolute Gasteiger partial charge is 0.318 e. The van der Waals surface area contributed by atoms with Crippen LogP contribution in [0.3, 0.4) is 0 Å². The van der Waals surface area contributed by atoms with Crippen LogP contribution < -0.4 is 10.9 Å². The zero-order valence-corrected chi connectivity index (χ0v) is 16.6. The number of hydrogen-bond acceptors (Lipinski definition) is 8. The molecule has 5 rings (SSSR count). The highest BCUT2D eigenvalue weighted by Gasteiger charge is 2.34. The van der Waals surface area contributed by atoms with Crippen LogP contribution in [0.5, 0.6) is 0 Å². The van der Waals surface area contributed by atoms with Gasteiger partial charge in [-0.2, -0.15) is 9.78 Å². The highest BCUT2D eigenvalue weighted by molar-refractivity contribution is 9.10. The number of non-ortho nitro benzene ring substituents is 1. The molecule has 0 spiro atoms. The fourth-order valence-electron chi connectivity index (χ4n) is 3.48. The van der Waals surface area contributed by atoms with Crippen LogP contribution in [0.1, 0.15) is 17.2 Å². The standard InChI is InChI=1S/C18H11BrN8O3/c19-11-6-4-9(5-7-11)16-13-14(10-2-1-3-12(8-10)27(29)30)21-22-17(28)15(13)20-18-23-24-25-26(16)18/h1-8,16H,(H,22,28)(H,20,23,25)/t16-/m1/s1. The first-order valence-electron chi connectivity index (χ1n) is 8.70. The van der Waals surface area contributed by atoms with Gasteiger partial charge in [0.1, 0.15) is 11.7 Å². The van der Waals surface area contributed by atoms with Crippen molar-refractivity contribution < 1.29 is 4.92 Å². The number of halogens is 1. The highest BCUT2D eigenvalue weighted by Crippen LogP contribution is 2.41. The lowest BCUT2D eigenvalue weighted by Crippen LogP contribution is -2.29. The fraction of sp³-hybridized carbons (Fsp3) is 0.0556. The molecule has 1 aliphatic heterocycles. The Kier molecular flexibility index (Phi) is 4.13. The van der Waals surface area contributed by atoms with Crippen LogP contribution in [0.2, 0.25) is 0 Å². The number of aromatic nitrogens is 6. The third-order valence-corrected chi connectivity index (χ3v) is 5.31. The molecule has 0 amide bonds. The maximum Gasteiger partial charge on any atom is 0.288 e. The maximum atomic E-state index is 12.6. The van der Waals surface area contributed by atoms with Crippen molar-refractivity contribution in [3.63, 3.8) is 0 Å². The summed E-state index contributed by atoms with van der Waals surface area (Å²) in [4.78, 5) is 23.4. The van der Waals surface area contributed by atoms with Gasteiger partial charge in [-0.15, -0.1) is 0 Å². The summed E-state index contributed by atoms with van der Waals surface area (Å²) in [6, 6.07) is 13.0. The quantitative estimate of drug-likeness (QED) is 0.305. The number of nitro groups is 1. The second-order valence-electron chi connectivity index (χ2n) is 6.52. The molecule has 0 radical (unpaired) electrons. The first-order chi connectivity index (χ1) is 14.5. The normalized spacial score (nSPS) is 14.5. The average molecular weight is 467 g/mol. The Morgan fingerprint density at radius 3 is 2.73 bits per heavy atom. The molecule has 4 aromatic rings. The van der Waals surface area contributed by atoms with Crippen molar-refractivity contribution >= 4 is 33.3 Å². The summed E-state index contributed by atoms with van der Waals surface area (Å²) in [6.07, 6.45) is 0. The topological polar surface area (TPSA) is 145 Å². The Balaban J connectivity index is 1.80. The average Bonchev–Trinajstić information content (AvgIpc) is 3.22. The molecular weight excluding hydrogens is 456 g/mol. The van der Waals surface area contributed by atoms with Crippen molar-refractivity contribution in [1.82, 2.24) is 30.4 Å². The SMILES string of the molecule is O=c1[nH]nc(-c2cccc([N+](=O)[O-])c2)c2c1Nc1nnnn1[C@@H]2c1ccc(Br)cc1. The summed E-state index contributed by atoms with van der Waals surface area (Å²) >= 11 is 3.42. The number of rotatable bonds is 3. The summed E-state index contributed by atoms with van der Waals surface area (Å²) in [5.74, 6) is 0.303. The van der Waals surface area contributed by atoms with Crippen LogP contribution in [0.25, 0.3) is 11.3 Å². The Labute approximate surface area is 176 Å². The maximum absolute atomic E-state index is 12.6. The molecule has 0 fully saturated rings.